The number of thioether (sulfide) groups is 1. The number of aromatic nitrogens is 2. The van der Waals surface area contributed by atoms with Gasteiger partial charge < -0.3 is 5.32 Å². The lowest BCUT2D eigenvalue weighted by atomic mass is 10.1. The Morgan fingerprint density at radius 1 is 0.972 bits per heavy atom. The van der Waals surface area contributed by atoms with Crippen LogP contribution in [0.25, 0.3) is 16.6 Å². The third-order valence-electron chi connectivity index (χ3n) is 6.29. The van der Waals surface area contributed by atoms with Crippen LogP contribution in [-0.4, -0.2) is 33.0 Å². The van der Waals surface area contributed by atoms with E-state index in [4.69, 9.17) is 0 Å². The molecule has 0 aliphatic heterocycles. The Kier molecular flexibility index (Phi) is 6.95. The summed E-state index contributed by atoms with van der Waals surface area (Å²) in [6, 6.07) is 19.5. The molecule has 5 rings (SSSR count). The molecule has 0 atom stereocenters. The van der Waals surface area contributed by atoms with Crippen molar-refractivity contribution in [2.75, 3.05) is 5.75 Å². The zero-order valence-electron chi connectivity index (χ0n) is 19.4. The Hall–Kier alpha value is -3.78. The fraction of sp³-hybridized carbons (Fsp3) is 0.214. The van der Waals surface area contributed by atoms with Gasteiger partial charge in [0.05, 0.1) is 22.3 Å². The molecular formula is C28H24FN3O3S. The average molecular weight is 502 g/mol. The predicted octanol–water partition coefficient (Wildman–Crippen LogP) is 5.17. The molecule has 1 aliphatic rings. The van der Waals surface area contributed by atoms with Crippen LogP contribution in [0.15, 0.2) is 82.7 Å². The highest BCUT2D eigenvalue weighted by Crippen LogP contribution is 2.24. The minimum Gasteiger partial charge on any atom is -0.349 e. The number of benzene rings is 3. The monoisotopic (exact) mass is 501 g/mol. The van der Waals surface area contributed by atoms with E-state index in [1.54, 1.807) is 48.5 Å². The molecule has 6 nitrogen and oxygen atoms in total. The smallest absolute Gasteiger partial charge is 0.266 e. The Morgan fingerprint density at radius 3 is 2.50 bits per heavy atom. The summed E-state index contributed by atoms with van der Waals surface area (Å²) in [4.78, 5) is 43.7. The number of hydrogen-bond acceptors (Lipinski definition) is 5. The zero-order chi connectivity index (χ0) is 25.1. The van der Waals surface area contributed by atoms with Gasteiger partial charge in [0.25, 0.3) is 11.5 Å². The minimum absolute atomic E-state index is 0.0408. The van der Waals surface area contributed by atoms with Gasteiger partial charge in [0, 0.05) is 17.2 Å². The Morgan fingerprint density at radius 2 is 1.75 bits per heavy atom. The van der Waals surface area contributed by atoms with Crippen molar-refractivity contribution in [3.8, 4) is 5.69 Å². The van der Waals surface area contributed by atoms with E-state index in [1.165, 1.54) is 22.8 Å². The fourth-order valence-electron chi connectivity index (χ4n) is 4.42. The van der Waals surface area contributed by atoms with E-state index in [0.717, 1.165) is 37.4 Å². The van der Waals surface area contributed by atoms with Crippen molar-refractivity contribution in [2.24, 2.45) is 0 Å². The highest BCUT2D eigenvalue weighted by Gasteiger charge is 2.20. The number of amides is 1. The summed E-state index contributed by atoms with van der Waals surface area (Å²) in [5, 5.41) is 3.60. The molecule has 0 radical (unpaired) electrons. The minimum atomic E-state index is -0.491. The fourth-order valence-corrected chi connectivity index (χ4v) is 5.33. The summed E-state index contributed by atoms with van der Waals surface area (Å²) in [6.07, 6.45) is 4.14. The lowest BCUT2D eigenvalue weighted by molar-refractivity contribution is 0.0937. The van der Waals surface area contributed by atoms with Gasteiger partial charge in [-0.3, -0.25) is 19.0 Å². The summed E-state index contributed by atoms with van der Waals surface area (Å²) in [5.41, 5.74) is 1.23. The lowest BCUT2D eigenvalue weighted by Crippen LogP contribution is -2.32. The number of hydrogen-bond donors (Lipinski definition) is 1. The molecule has 0 spiro atoms. The van der Waals surface area contributed by atoms with Gasteiger partial charge in [-0.05, 0) is 49.2 Å². The molecule has 36 heavy (non-hydrogen) atoms. The average Bonchev–Trinajstić information content (AvgIpc) is 3.40. The zero-order valence-corrected chi connectivity index (χ0v) is 20.3. The van der Waals surface area contributed by atoms with Gasteiger partial charge in [0.1, 0.15) is 5.82 Å². The number of nitrogens with zero attached hydrogens (tertiary/aromatic N) is 2. The van der Waals surface area contributed by atoms with Crippen molar-refractivity contribution < 1.29 is 14.0 Å². The van der Waals surface area contributed by atoms with E-state index < -0.39 is 11.4 Å². The Balaban J connectivity index is 1.54. The topological polar surface area (TPSA) is 81.1 Å². The van der Waals surface area contributed by atoms with Crippen LogP contribution in [0.3, 0.4) is 0 Å². The standard InChI is InChI=1S/C28H24FN3O3S/c29-20-9-6-12-22(16-20)32-27(35)23-14-13-19(26(34)30-21-10-4-5-11-21)15-24(23)31-28(32)36-17-25(33)18-7-2-1-3-8-18/h1-3,6-9,12-16,21H,4-5,10-11,17H2,(H,30,34). The first-order chi connectivity index (χ1) is 17.5. The van der Waals surface area contributed by atoms with E-state index in [2.05, 4.69) is 10.3 Å². The number of carbonyl (C=O) groups is 2. The summed E-state index contributed by atoms with van der Waals surface area (Å²) in [6.45, 7) is 0. The summed E-state index contributed by atoms with van der Waals surface area (Å²) in [7, 11) is 0. The third kappa shape index (κ3) is 5.09. The molecule has 1 aliphatic carbocycles. The third-order valence-corrected chi connectivity index (χ3v) is 7.22. The van der Waals surface area contributed by atoms with E-state index >= 15 is 0 Å². The van der Waals surface area contributed by atoms with Crippen LogP contribution in [-0.2, 0) is 0 Å². The Bertz CT molecular complexity index is 1500. The van der Waals surface area contributed by atoms with E-state index in [-0.39, 0.29) is 28.6 Å². The van der Waals surface area contributed by atoms with Crippen LogP contribution in [0.1, 0.15) is 46.4 Å². The number of carbonyl (C=O) groups excluding carboxylic acids is 2. The molecule has 0 bridgehead atoms. The molecule has 3 aromatic carbocycles. The number of fused-ring (bicyclic) bond motifs is 1. The number of nitrogens with one attached hydrogen (secondary N) is 1. The van der Waals surface area contributed by atoms with Crippen LogP contribution in [0.4, 0.5) is 4.39 Å². The molecule has 1 N–H and O–H groups in total. The SMILES string of the molecule is O=C(CSc1nc2cc(C(=O)NC3CCCC3)ccc2c(=O)n1-c1cccc(F)c1)c1ccccc1. The van der Waals surface area contributed by atoms with Crippen molar-refractivity contribution in [1.82, 2.24) is 14.9 Å². The quantitative estimate of drug-likeness (QED) is 0.215. The van der Waals surface area contributed by atoms with Gasteiger partial charge in [0.2, 0.25) is 0 Å². The van der Waals surface area contributed by atoms with Crippen LogP contribution in [0, 0.1) is 5.82 Å². The maximum absolute atomic E-state index is 14.0. The predicted molar refractivity (Wildman–Crippen MR) is 139 cm³/mol. The molecule has 182 valence electrons. The van der Waals surface area contributed by atoms with Crippen LogP contribution >= 0.6 is 11.8 Å². The first-order valence-electron chi connectivity index (χ1n) is 11.8. The molecule has 1 aromatic heterocycles. The van der Waals surface area contributed by atoms with E-state index in [9.17, 15) is 18.8 Å². The lowest BCUT2D eigenvalue weighted by Gasteiger charge is -2.15. The maximum Gasteiger partial charge on any atom is 0.266 e. The molecule has 1 fully saturated rings. The number of rotatable bonds is 7. The molecule has 0 unspecified atom stereocenters. The summed E-state index contributed by atoms with van der Waals surface area (Å²) >= 11 is 1.10. The highest BCUT2D eigenvalue weighted by atomic mass is 32.2. The summed E-state index contributed by atoms with van der Waals surface area (Å²) in [5.74, 6) is -0.771. The second kappa shape index (κ2) is 10.5. The van der Waals surface area contributed by atoms with Crippen LogP contribution < -0.4 is 10.9 Å². The normalized spacial score (nSPS) is 13.7. The van der Waals surface area contributed by atoms with Crippen LogP contribution in [0.2, 0.25) is 0 Å². The van der Waals surface area contributed by atoms with Gasteiger partial charge in [-0.1, -0.05) is 61.0 Å². The van der Waals surface area contributed by atoms with E-state index in [1.807, 2.05) is 6.07 Å². The van der Waals surface area contributed by atoms with Crippen molar-refractivity contribution in [3.63, 3.8) is 0 Å². The van der Waals surface area contributed by atoms with Crippen LogP contribution in [0.5, 0.6) is 0 Å². The van der Waals surface area contributed by atoms with Crippen molar-refractivity contribution in [2.45, 2.75) is 36.9 Å². The molecule has 1 amide bonds. The molecule has 0 saturated heterocycles. The van der Waals surface area contributed by atoms with E-state index in [0.29, 0.717) is 27.7 Å². The first kappa shape index (κ1) is 23.9. The van der Waals surface area contributed by atoms with Gasteiger partial charge in [-0.25, -0.2) is 9.37 Å². The van der Waals surface area contributed by atoms with Crippen molar-refractivity contribution in [3.05, 3.63) is 100 Å². The Labute approximate surface area is 211 Å². The molecular weight excluding hydrogens is 477 g/mol. The van der Waals surface area contributed by atoms with Gasteiger partial charge in [-0.2, -0.15) is 0 Å². The number of halogens is 1. The second-order valence-electron chi connectivity index (χ2n) is 8.78. The number of Topliss-reactive ketones (excluding diaryl/α,β-unsaturated/α-hetero) is 1. The second-order valence-corrected chi connectivity index (χ2v) is 9.72. The van der Waals surface area contributed by atoms with Gasteiger partial charge in [0.15, 0.2) is 10.9 Å². The molecule has 1 heterocycles. The largest absolute Gasteiger partial charge is 0.349 e. The van der Waals surface area contributed by atoms with Crippen molar-refractivity contribution in [1.29, 1.82) is 0 Å². The van der Waals surface area contributed by atoms with Crippen molar-refractivity contribution >= 4 is 34.4 Å². The van der Waals surface area contributed by atoms with Gasteiger partial charge in [-0.15, -0.1) is 0 Å². The first-order valence-corrected chi connectivity index (χ1v) is 12.8. The van der Waals surface area contributed by atoms with Gasteiger partial charge >= 0.3 is 0 Å². The summed E-state index contributed by atoms with van der Waals surface area (Å²) < 4.78 is 15.3. The molecule has 8 heteroatoms. The highest BCUT2D eigenvalue weighted by molar-refractivity contribution is 7.99. The molecule has 1 saturated carbocycles. The molecule has 4 aromatic rings. The maximum atomic E-state index is 14.0. The number of ketones is 1.